The molecule has 1 heterocycles. The zero-order valence-corrected chi connectivity index (χ0v) is 13.5. The molecule has 0 bridgehead atoms. The van der Waals surface area contributed by atoms with Gasteiger partial charge in [-0.05, 0) is 24.3 Å². The molecule has 1 fully saturated rings. The van der Waals surface area contributed by atoms with Crippen LogP contribution in [-0.2, 0) is 14.6 Å². The topological polar surface area (TPSA) is 80.5 Å². The van der Waals surface area contributed by atoms with Crippen molar-refractivity contribution < 1.29 is 13.2 Å². The first-order valence-corrected chi connectivity index (χ1v) is 8.18. The van der Waals surface area contributed by atoms with E-state index in [4.69, 9.17) is 5.73 Å². The van der Waals surface area contributed by atoms with Crippen molar-refractivity contribution in [2.45, 2.75) is 27.2 Å². The molecular formula is C12H25ClN2O3S. The maximum Gasteiger partial charge on any atom is 0.237 e. The molecule has 0 radical (unpaired) electrons. The molecule has 2 N–H and O–H groups in total. The van der Waals surface area contributed by atoms with E-state index in [1.165, 1.54) is 0 Å². The maximum atomic E-state index is 12.0. The monoisotopic (exact) mass is 312 g/mol. The number of likely N-dealkylation sites (tertiary alicyclic amines) is 1. The molecule has 1 amide bonds. The smallest absolute Gasteiger partial charge is 0.237 e. The maximum absolute atomic E-state index is 12.0. The fraction of sp³-hybridized carbons (Fsp3) is 0.917. The van der Waals surface area contributed by atoms with Crippen LogP contribution in [0.5, 0.6) is 0 Å². The van der Waals surface area contributed by atoms with Crippen LogP contribution in [0.15, 0.2) is 0 Å². The standard InChI is InChI=1S/C12H24N2O3S.ClH/c1-10(2)6-18(16,17)7-11(15)14-5-4-12(3,8-13)9-14;/h10H,4-9,13H2,1-3H3;1H. The van der Waals surface area contributed by atoms with Crippen LogP contribution >= 0.6 is 12.4 Å². The lowest BCUT2D eigenvalue weighted by Crippen LogP contribution is -2.38. The zero-order valence-electron chi connectivity index (χ0n) is 11.9. The molecule has 19 heavy (non-hydrogen) atoms. The van der Waals surface area contributed by atoms with E-state index in [1.54, 1.807) is 4.90 Å². The number of sulfone groups is 1. The lowest BCUT2D eigenvalue weighted by molar-refractivity contribution is -0.127. The van der Waals surface area contributed by atoms with Crippen LogP contribution in [0.25, 0.3) is 0 Å². The van der Waals surface area contributed by atoms with E-state index in [9.17, 15) is 13.2 Å². The minimum atomic E-state index is -3.28. The molecule has 1 saturated heterocycles. The van der Waals surface area contributed by atoms with Gasteiger partial charge in [-0.15, -0.1) is 12.4 Å². The number of rotatable bonds is 5. The van der Waals surface area contributed by atoms with Crippen LogP contribution in [-0.4, -0.2) is 50.4 Å². The highest BCUT2D eigenvalue weighted by Gasteiger charge is 2.35. The summed E-state index contributed by atoms with van der Waals surface area (Å²) >= 11 is 0. The molecule has 0 saturated carbocycles. The molecule has 5 nitrogen and oxygen atoms in total. The Bertz CT molecular complexity index is 411. The molecule has 0 aromatic heterocycles. The number of carbonyl (C=O) groups excluding carboxylic acids is 1. The van der Waals surface area contributed by atoms with E-state index in [0.29, 0.717) is 19.6 Å². The molecule has 0 aromatic carbocycles. The summed E-state index contributed by atoms with van der Waals surface area (Å²) in [6.07, 6.45) is 0.847. The van der Waals surface area contributed by atoms with E-state index in [1.807, 2.05) is 20.8 Å². The third kappa shape index (κ3) is 5.67. The summed E-state index contributed by atoms with van der Waals surface area (Å²) in [5, 5.41) is 0. The predicted octanol–water partition coefficient (Wildman–Crippen LogP) is 0.676. The van der Waals surface area contributed by atoms with Gasteiger partial charge in [0.1, 0.15) is 5.75 Å². The average Bonchev–Trinajstić information content (AvgIpc) is 2.59. The lowest BCUT2D eigenvalue weighted by Gasteiger charge is -2.22. The molecule has 1 rings (SSSR count). The van der Waals surface area contributed by atoms with Crippen LogP contribution in [0.3, 0.4) is 0 Å². The van der Waals surface area contributed by atoms with Crippen molar-refractivity contribution >= 4 is 28.2 Å². The van der Waals surface area contributed by atoms with Crippen molar-refractivity contribution in [2.24, 2.45) is 17.1 Å². The molecule has 1 aliphatic heterocycles. The Balaban J connectivity index is 0.00000324. The van der Waals surface area contributed by atoms with Crippen molar-refractivity contribution in [3.8, 4) is 0 Å². The Morgan fingerprint density at radius 3 is 2.42 bits per heavy atom. The number of nitrogens with zero attached hydrogens (tertiary/aromatic N) is 1. The molecule has 1 atom stereocenters. The highest BCUT2D eigenvalue weighted by molar-refractivity contribution is 7.92. The zero-order chi connectivity index (χ0) is 14.0. The molecule has 0 aliphatic carbocycles. The second-order valence-electron chi connectivity index (χ2n) is 6.03. The normalized spacial score (nSPS) is 23.5. The second-order valence-corrected chi connectivity index (χ2v) is 8.14. The number of nitrogens with two attached hydrogens (primary N) is 1. The minimum absolute atomic E-state index is 0. The molecular weight excluding hydrogens is 288 g/mol. The van der Waals surface area contributed by atoms with Crippen LogP contribution < -0.4 is 5.73 Å². The van der Waals surface area contributed by atoms with Crippen molar-refractivity contribution in [1.29, 1.82) is 0 Å². The highest BCUT2D eigenvalue weighted by atomic mass is 35.5. The van der Waals surface area contributed by atoms with Gasteiger partial charge in [0.2, 0.25) is 5.91 Å². The van der Waals surface area contributed by atoms with Gasteiger partial charge in [-0.3, -0.25) is 4.79 Å². The largest absolute Gasteiger partial charge is 0.341 e. The van der Waals surface area contributed by atoms with Gasteiger partial charge >= 0.3 is 0 Å². The van der Waals surface area contributed by atoms with E-state index >= 15 is 0 Å². The Labute approximate surface area is 122 Å². The molecule has 114 valence electrons. The summed E-state index contributed by atoms with van der Waals surface area (Å²) < 4.78 is 23.5. The summed E-state index contributed by atoms with van der Waals surface area (Å²) in [5.41, 5.74) is 5.61. The third-order valence-corrected chi connectivity index (χ3v) is 5.20. The fourth-order valence-corrected chi connectivity index (χ4v) is 3.94. The van der Waals surface area contributed by atoms with Gasteiger partial charge in [0.05, 0.1) is 5.75 Å². The number of hydrogen-bond donors (Lipinski definition) is 1. The van der Waals surface area contributed by atoms with E-state index < -0.39 is 9.84 Å². The van der Waals surface area contributed by atoms with Crippen LogP contribution in [0.1, 0.15) is 27.2 Å². The van der Waals surface area contributed by atoms with Crippen molar-refractivity contribution in [2.75, 3.05) is 31.1 Å². The van der Waals surface area contributed by atoms with Gasteiger partial charge in [-0.1, -0.05) is 20.8 Å². The van der Waals surface area contributed by atoms with Gasteiger partial charge in [0, 0.05) is 13.1 Å². The van der Waals surface area contributed by atoms with Gasteiger partial charge in [-0.25, -0.2) is 8.42 Å². The first kappa shape index (κ1) is 18.7. The van der Waals surface area contributed by atoms with Crippen molar-refractivity contribution in [1.82, 2.24) is 4.90 Å². The number of carbonyl (C=O) groups is 1. The number of halogens is 1. The molecule has 1 aliphatic rings. The first-order valence-electron chi connectivity index (χ1n) is 6.36. The van der Waals surface area contributed by atoms with Gasteiger partial charge in [0.25, 0.3) is 0 Å². The van der Waals surface area contributed by atoms with Gasteiger partial charge in [0.15, 0.2) is 9.84 Å². The van der Waals surface area contributed by atoms with E-state index in [-0.39, 0.29) is 41.2 Å². The molecule has 7 heteroatoms. The Morgan fingerprint density at radius 2 is 2.00 bits per heavy atom. The Kier molecular flexibility index (Phi) is 6.78. The summed E-state index contributed by atoms with van der Waals surface area (Å²) in [5.74, 6) is -0.532. The second kappa shape index (κ2) is 6.90. The summed E-state index contributed by atoms with van der Waals surface area (Å²) in [7, 11) is -3.28. The first-order chi connectivity index (χ1) is 8.17. The third-order valence-electron chi connectivity index (χ3n) is 3.33. The van der Waals surface area contributed by atoms with Gasteiger partial charge < -0.3 is 10.6 Å². The van der Waals surface area contributed by atoms with E-state index in [0.717, 1.165) is 6.42 Å². The Hall–Kier alpha value is -0.330. The number of hydrogen-bond acceptors (Lipinski definition) is 4. The molecule has 0 aromatic rings. The lowest BCUT2D eigenvalue weighted by atomic mass is 9.90. The van der Waals surface area contributed by atoms with Gasteiger partial charge in [-0.2, -0.15) is 0 Å². The molecule has 0 spiro atoms. The highest BCUT2D eigenvalue weighted by Crippen LogP contribution is 2.28. The van der Waals surface area contributed by atoms with Crippen LogP contribution in [0.2, 0.25) is 0 Å². The predicted molar refractivity (Wildman–Crippen MR) is 79.1 cm³/mol. The minimum Gasteiger partial charge on any atom is -0.341 e. The average molecular weight is 313 g/mol. The molecule has 1 unspecified atom stereocenters. The summed E-state index contributed by atoms with van der Waals surface area (Å²) in [4.78, 5) is 13.6. The number of amides is 1. The van der Waals surface area contributed by atoms with E-state index in [2.05, 4.69) is 0 Å². The SMILES string of the molecule is CC(C)CS(=O)(=O)CC(=O)N1CCC(C)(CN)C1.Cl. The van der Waals surface area contributed by atoms with Crippen LogP contribution in [0.4, 0.5) is 0 Å². The Morgan fingerprint density at radius 1 is 1.42 bits per heavy atom. The summed E-state index contributed by atoms with van der Waals surface area (Å²) in [6.45, 7) is 7.41. The van der Waals surface area contributed by atoms with Crippen LogP contribution in [0, 0.1) is 11.3 Å². The van der Waals surface area contributed by atoms with Crippen molar-refractivity contribution in [3.05, 3.63) is 0 Å². The quantitative estimate of drug-likeness (QED) is 0.809. The fourth-order valence-electron chi connectivity index (χ4n) is 2.25. The summed E-state index contributed by atoms with van der Waals surface area (Å²) in [6, 6.07) is 0. The van der Waals surface area contributed by atoms with Crippen molar-refractivity contribution in [3.63, 3.8) is 0 Å².